The molecule has 3 aromatic carbocycles. The average Bonchev–Trinajstić information content (AvgIpc) is 2.83. The molecule has 1 amide bonds. The lowest BCUT2D eigenvalue weighted by Gasteiger charge is -2.30. The predicted molar refractivity (Wildman–Crippen MR) is 131 cm³/mol. The minimum Gasteiger partial charge on any atom is -0.493 e. The molecule has 3 N–H and O–H groups in total. The fourth-order valence-corrected chi connectivity index (χ4v) is 3.92. The number of anilines is 2. The first kappa shape index (κ1) is 22.9. The van der Waals surface area contributed by atoms with Crippen molar-refractivity contribution in [2.45, 2.75) is 13.0 Å². The molecular formula is C25H26N4O5. The van der Waals surface area contributed by atoms with Gasteiger partial charge in [-0.1, -0.05) is 24.3 Å². The maximum absolute atomic E-state index is 11.4. The molecule has 3 aromatic rings. The molecule has 0 aromatic heterocycles. The van der Waals surface area contributed by atoms with E-state index in [1.165, 1.54) is 34.5 Å². The van der Waals surface area contributed by atoms with Gasteiger partial charge in [0.1, 0.15) is 11.9 Å². The molecule has 1 unspecified atom stereocenters. The monoisotopic (exact) mass is 462 g/mol. The van der Waals surface area contributed by atoms with Crippen LogP contribution in [0.5, 0.6) is 17.2 Å². The van der Waals surface area contributed by atoms with Gasteiger partial charge in [-0.05, 0) is 28.5 Å². The zero-order chi connectivity index (χ0) is 24.2. The summed E-state index contributed by atoms with van der Waals surface area (Å²) in [5, 5.41) is 20.0. The summed E-state index contributed by atoms with van der Waals surface area (Å²) in [4.78, 5) is 15.8. The van der Waals surface area contributed by atoms with Gasteiger partial charge in [0.2, 0.25) is 11.7 Å². The number of ether oxygens (including phenoxy) is 3. The molecule has 34 heavy (non-hydrogen) atoms. The molecular weight excluding hydrogens is 436 g/mol. The van der Waals surface area contributed by atoms with Crippen LogP contribution in [0, 0.1) is 0 Å². The van der Waals surface area contributed by atoms with Crippen molar-refractivity contribution in [3.8, 4) is 17.2 Å². The second kappa shape index (κ2) is 9.72. The van der Waals surface area contributed by atoms with Crippen molar-refractivity contribution in [1.82, 2.24) is 5.06 Å². The third kappa shape index (κ3) is 4.46. The van der Waals surface area contributed by atoms with Gasteiger partial charge in [0.25, 0.3) is 0 Å². The number of methoxy groups -OCH3 is 3. The quantitative estimate of drug-likeness (QED) is 0.473. The molecule has 0 bridgehead atoms. The molecule has 0 fully saturated rings. The molecule has 0 saturated heterocycles. The molecule has 1 atom stereocenters. The molecule has 4 rings (SSSR count). The van der Waals surface area contributed by atoms with E-state index in [2.05, 4.69) is 15.6 Å². The normalized spacial score (nSPS) is 15.0. The predicted octanol–water partition coefficient (Wildman–Crippen LogP) is 4.55. The maximum Gasteiger partial charge on any atom is 0.221 e. The largest absolute Gasteiger partial charge is 0.493 e. The SMILES string of the molecule is COc1cc(NC2=CN=CC(c3cccc4cc(NC(C)=O)ccc34)N2O)cc(OC)c1OC. The number of aliphatic imine (C=N–C) groups is 1. The molecule has 0 saturated carbocycles. The first-order valence-corrected chi connectivity index (χ1v) is 10.5. The molecule has 176 valence electrons. The lowest BCUT2D eigenvalue weighted by atomic mass is 9.98. The Balaban J connectivity index is 1.64. The van der Waals surface area contributed by atoms with Crippen LogP contribution in [0.15, 0.2) is 65.5 Å². The number of nitrogens with zero attached hydrogens (tertiary/aromatic N) is 2. The summed E-state index contributed by atoms with van der Waals surface area (Å²) in [6.07, 6.45) is 3.19. The van der Waals surface area contributed by atoms with Gasteiger partial charge in [-0.3, -0.25) is 15.0 Å². The Morgan fingerprint density at radius 1 is 1.00 bits per heavy atom. The minimum absolute atomic E-state index is 0.135. The van der Waals surface area contributed by atoms with E-state index >= 15 is 0 Å². The smallest absolute Gasteiger partial charge is 0.221 e. The third-order valence-electron chi connectivity index (χ3n) is 5.42. The van der Waals surface area contributed by atoms with Crippen LogP contribution in [0.3, 0.4) is 0 Å². The van der Waals surface area contributed by atoms with E-state index in [0.717, 1.165) is 21.4 Å². The van der Waals surface area contributed by atoms with Gasteiger partial charge in [0.15, 0.2) is 11.5 Å². The Hall–Kier alpha value is -4.24. The van der Waals surface area contributed by atoms with Gasteiger partial charge < -0.3 is 24.8 Å². The summed E-state index contributed by atoms with van der Waals surface area (Å²) in [6, 6.07) is 14.4. The van der Waals surface area contributed by atoms with Gasteiger partial charge in [-0.2, -0.15) is 0 Å². The summed E-state index contributed by atoms with van der Waals surface area (Å²) in [5.74, 6) is 1.67. The molecule has 0 aliphatic carbocycles. The van der Waals surface area contributed by atoms with Crippen molar-refractivity contribution in [3.63, 3.8) is 0 Å². The van der Waals surface area contributed by atoms with Crippen LogP contribution in [-0.4, -0.2) is 43.7 Å². The van der Waals surface area contributed by atoms with Gasteiger partial charge in [-0.25, -0.2) is 5.06 Å². The second-order valence-electron chi connectivity index (χ2n) is 7.61. The number of benzene rings is 3. The van der Waals surface area contributed by atoms with Crippen LogP contribution in [0.4, 0.5) is 11.4 Å². The minimum atomic E-state index is -0.537. The Kier molecular flexibility index (Phi) is 6.55. The summed E-state index contributed by atoms with van der Waals surface area (Å²) >= 11 is 0. The number of carbonyl (C=O) groups is 1. The number of hydrogen-bond donors (Lipinski definition) is 3. The van der Waals surface area contributed by atoms with E-state index in [1.807, 2.05) is 36.4 Å². The number of carbonyl (C=O) groups excluding carboxylic acids is 1. The van der Waals surface area contributed by atoms with Crippen LogP contribution >= 0.6 is 0 Å². The van der Waals surface area contributed by atoms with Crippen LogP contribution < -0.4 is 24.8 Å². The molecule has 1 heterocycles. The summed E-state index contributed by atoms with van der Waals surface area (Å²) in [6.45, 7) is 1.47. The van der Waals surface area contributed by atoms with Crippen molar-refractivity contribution < 1.29 is 24.2 Å². The van der Waals surface area contributed by atoms with Crippen molar-refractivity contribution in [2.24, 2.45) is 4.99 Å². The number of hydroxylamine groups is 2. The highest BCUT2D eigenvalue weighted by Gasteiger charge is 2.25. The summed E-state index contributed by atoms with van der Waals surface area (Å²) in [5.41, 5.74) is 2.18. The zero-order valence-electron chi connectivity index (χ0n) is 19.3. The summed E-state index contributed by atoms with van der Waals surface area (Å²) in [7, 11) is 4.62. The topological polar surface area (TPSA) is 105 Å². The Bertz CT molecular complexity index is 1260. The highest BCUT2D eigenvalue weighted by Crippen LogP contribution is 2.41. The first-order chi connectivity index (χ1) is 16.4. The number of nitrogens with one attached hydrogen (secondary N) is 2. The van der Waals surface area contributed by atoms with Crippen LogP contribution in [-0.2, 0) is 4.79 Å². The van der Waals surface area contributed by atoms with Crippen LogP contribution in [0.25, 0.3) is 10.8 Å². The van der Waals surface area contributed by atoms with Crippen molar-refractivity contribution >= 4 is 34.3 Å². The van der Waals surface area contributed by atoms with E-state index in [-0.39, 0.29) is 5.91 Å². The maximum atomic E-state index is 11.4. The lowest BCUT2D eigenvalue weighted by molar-refractivity contribution is -0.114. The highest BCUT2D eigenvalue weighted by molar-refractivity contribution is 5.95. The molecule has 0 radical (unpaired) electrons. The van der Waals surface area contributed by atoms with Gasteiger partial charge >= 0.3 is 0 Å². The average molecular weight is 463 g/mol. The van der Waals surface area contributed by atoms with E-state index in [1.54, 1.807) is 18.3 Å². The van der Waals surface area contributed by atoms with E-state index in [9.17, 15) is 10.0 Å². The third-order valence-corrected chi connectivity index (χ3v) is 5.42. The van der Waals surface area contributed by atoms with E-state index in [0.29, 0.717) is 34.4 Å². The molecule has 1 aliphatic heterocycles. The number of fused-ring (bicyclic) bond motifs is 1. The number of rotatable bonds is 7. The number of amides is 1. The van der Waals surface area contributed by atoms with Crippen molar-refractivity contribution in [2.75, 3.05) is 32.0 Å². The second-order valence-corrected chi connectivity index (χ2v) is 7.61. The van der Waals surface area contributed by atoms with E-state index < -0.39 is 6.04 Å². The molecule has 0 spiro atoms. The fraction of sp³-hybridized carbons (Fsp3) is 0.200. The Morgan fingerprint density at radius 3 is 2.38 bits per heavy atom. The Morgan fingerprint density at radius 2 is 1.74 bits per heavy atom. The lowest BCUT2D eigenvalue weighted by Crippen LogP contribution is -2.31. The highest BCUT2D eigenvalue weighted by atomic mass is 16.5. The van der Waals surface area contributed by atoms with Gasteiger partial charge in [0, 0.05) is 36.6 Å². The van der Waals surface area contributed by atoms with Crippen LogP contribution in [0.1, 0.15) is 18.5 Å². The molecule has 1 aliphatic rings. The van der Waals surface area contributed by atoms with Gasteiger partial charge in [0.05, 0.1) is 27.5 Å². The first-order valence-electron chi connectivity index (χ1n) is 10.5. The standard InChI is InChI=1S/C25H26N4O5/c1-15(30)27-17-8-9-19-16(10-17)6-5-7-20(19)21-13-26-14-24(29(21)31)28-18-11-22(32-2)25(34-4)23(12-18)33-3/h5-14,21,28,31H,1-4H3,(H,27,30). The zero-order valence-corrected chi connectivity index (χ0v) is 19.3. The molecule has 9 heteroatoms. The van der Waals surface area contributed by atoms with E-state index in [4.69, 9.17) is 14.2 Å². The number of hydrogen-bond acceptors (Lipinski definition) is 8. The Labute approximate surface area is 197 Å². The fourth-order valence-electron chi connectivity index (χ4n) is 3.92. The molecule has 9 nitrogen and oxygen atoms in total. The summed E-state index contributed by atoms with van der Waals surface area (Å²) < 4.78 is 16.2. The van der Waals surface area contributed by atoms with Crippen molar-refractivity contribution in [3.05, 3.63) is 66.1 Å². The van der Waals surface area contributed by atoms with Gasteiger partial charge in [-0.15, -0.1) is 0 Å². The van der Waals surface area contributed by atoms with Crippen molar-refractivity contribution in [1.29, 1.82) is 0 Å². The van der Waals surface area contributed by atoms with Crippen LogP contribution in [0.2, 0.25) is 0 Å².